The van der Waals surface area contributed by atoms with Crippen molar-refractivity contribution < 1.29 is 23.1 Å². The van der Waals surface area contributed by atoms with E-state index < -0.39 is 12.1 Å². The van der Waals surface area contributed by atoms with E-state index in [1.807, 2.05) is 0 Å². The zero-order valence-corrected chi connectivity index (χ0v) is 12.2. The zero-order chi connectivity index (χ0) is 14.4. The van der Waals surface area contributed by atoms with Gasteiger partial charge >= 0.3 is 12.1 Å². The summed E-state index contributed by atoms with van der Waals surface area (Å²) >= 11 is 0. The van der Waals surface area contributed by atoms with Crippen LogP contribution in [0.5, 0.6) is 0 Å². The number of carboxylic acid groups (broad SMARTS) is 1. The summed E-state index contributed by atoms with van der Waals surface area (Å²) < 4.78 is 31.7. The first-order valence-electron chi connectivity index (χ1n) is 5.57. The Morgan fingerprint density at radius 2 is 1.12 bits per heavy atom. The van der Waals surface area contributed by atoms with Crippen molar-refractivity contribution in [2.45, 2.75) is 64.3 Å². The van der Waals surface area contributed by atoms with Crippen LogP contribution in [-0.4, -0.2) is 26.0 Å². The molecule has 1 N–H and O–H groups in total. The van der Waals surface area contributed by atoms with Crippen LogP contribution in [0.1, 0.15) is 41.5 Å². The van der Waals surface area contributed by atoms with Crippen molar-refractivity contribution >= 4 is 14.8 Å². The summed E-state index contributed by atoms with van der Waals surface area (Å²) in [6, 6.07) is 0. The molecule has 0 aromatic rings. The van der Waals surface area contributed by atoms with Crippen molar-refractivity contribution in [3.05, 3.63) is 0 Å². The number of halogens is 3. The quantitative estimate of drug-likeness (QED) is 0.775. The van der Waals surface area contributed by atoms with Crippen LogP contribution in [0.2, 0.25) is 16.6 Å². The lowest BCUT2D eigenvalue weighted by Gasteiger charge is -2.26. The standard InChI is InChI=1S/C9H21Si.C2HF3O2/c1-7(2)10(8(3)4)9(5)6;3-2(4,5)1(6)7/h7-9H,1-6H3;(H,6,7). The highest BCUT2D eigenvalue weighted by Gasteiger charge is 2.38. The van der Waals surface area contributed by atoms with Gasteiger partial charge in [-0.3, -0.25) is 0 Å². The van der Waals surface area contributed by atoms with Crippen molar-refractivity contribution in [1.82, 2.24) is 0 Å². The average molecular weight is 271 g/mol. The molecule has 0 fully saturated rings. The van der Waals surface area contributed by atoms with E-state index in [2.05, 4.69) is 41.5 Å². The molecule has 103 valence electrons. The number of hydrogen-bond acceptors (Lipinski definition) is 1. The Labute approximate surface area is 103 Å². The van der Waals surface area contributed by atoms with Crippen LogP contribution >= 0.6 is 0 Å². The first-order valence-corrected chi connectivity index (χ1v) is 7.31. The van der Waals surface area contributed by atoms with Crippen LogP contribution in [0.4, 0.5) is 13.2 Å². The smallest absolute Gasteiger partial charge is 0.475 e. The molecule has 0 spiro atoms. The summed E-state index contributed by atoms with van der Waals surface area (Å²) in [7, 11) is -0.0957. The number of aliphatic carboxylic acids is 1. The highest BCUT2D eigenvalue weighted by molar-refractivity contribution is 6.63. The van der Waals surface area contributed by atoms with Gasteiger partial charge in [0, 0.05) is 0 Å². The predicted octanol–water partition coefficient (Wildman–Crippen LogP) is 4.34. The first-order chi connectivity index (χ1) is 7.41. The Kier molecular flexibility index (Phi) is 8.57. The van der Waals surface area contributed by atoms with E-state index in [0.717, 1.165) is 16.6 Å². The Bertz CT molecular complexity index is 206. The summed E-state index contributed by atoms with van der Waals surface area (Å²) in [4.78, 5) is 8.90. The normalized spacial score (nSPS) is 12.1. The Morgan fingerprint density at radius 1 is 0.941 bits per heavy atom. The van der Waals surface area contributed by atoms with E-state index in [-0.39, 0.29) is 8.80 Å². The van der Waals surface area contributed by atoms with Gasteiger partial charge in [-0.05, 0) is 0 Å². The van der Waals surface area contributed by atoms with Crippen molar-refractivity contribution in [1.29, 1.82) is 0 Å². The predicted molar refractivity (Wildman–Crippen MR) is 64.7 cm³/mol. The number of hydrogen-bond donors (Lipinski definition) is 1. The molecule has 0 saturated carbocycles. The van der Waals surface area contributed by atoms with Gasteiger partial charge in [-0.25, -0.2) is 4.79 Å². The maximum atomic E-state index is 10.6. The van der Waals surface area contributed by atoms with E-state index in [9.17, 15) is 13.2 Å². The minimum absolute atomic E-state index is 0.0957. The number of alkyl halides is 3. The van der Waals surface area contributed by atoms with Crippen LogP contribution in [-0.2, 0) is 4.79 Å². The topological polar surface area (TPSA) is 37.3 Å². The molecule has 0 saturated heterocycles. The molecule has 2 nitrogen and oxygen atoms in total. The molecule has 0 aliphatic rings. The second-order valence-electron chi connectivity index (χ2n) is 4.77. The third kappa shape index (κ3) is 9.20. The number of rotatable bonds is 3. The second-order valence-corrected chi connectivity index (χ2v) is 9.23. The average Bonchev–Trinajstić information content (AvgIpc) is 1.99. The monoisotopic (exact) mass is 271 g/mol. The van der Waals surface area contributed by atoms with Crippen molar-refractivity contribution in [2.75, 3.05) is 0 Å². The second kappa shape index (κ2) is 7.74. The largest absolute Gasteiger partial charge is 0.490 e. The fraction of sp³-hybridized carbons (Fsp3) is 0.909. The molecule has 0 amide bonds. The fourth-order valence-electron chi connectivity index (χ4n) is 2.00. The molecule has 0 unspecified atom stereocenters. The van der Waals surface area contributed by atoms with Gasteiger partial charge in [0.1, 0.15) is 0 Å². The van der Waals surface area contributed by atoms with Gasteiger partial charge in [-0.2, -0.15) is 13.2 Å². The van der Waals surface area contributed by atoms with Crippen molar-refractivity contribution in [2.24, 2.45) is 0 Å². The summed E-state index contributed by atoms with van der Waals surface area (Å²) in [5.41, 5.74) is 2.81. The van der Waals surface area contributed by atoms with Crippen LogP contribution in [0.25, 0.3) is 0 Å². The van der Waals surface area contributed by atoms with Gasteiger partial charge in [-0.1, -0.05) is 58.2 Å². The molecule has 1 radical (unpaired) electrons. The lowest BCUT2D eigenvalue weighted by atomic mass is 10.5. The van der Waals surface area contributed by atoms with Crippen LogP contribution in [0.3, 0.4) is 0 Å². The minimum atomic E-state index is -5.08. The Hall–Kier alpha value is -0.523. The van der Waals surface area contributed by atoms with Crippen LogP contribution in [0, 0.1) is 0 Å². The number of carbonyl (C=O) groups is 1. The SMILES string of the molecule is CC(C)[Si](C(C)C)C(C)C.O=C(O)C(F)(F)F. The molecule has 17 heavy (non-hydrogen) atoms. The molecule has 0 atom stereocenters. The van der Waals surface area contributed by atoms with Crippen LogP contribution < -0.4 is 0 Å². The van der Waals surface area contributed by atoms with Crippen LogP contribution in [0.15, 0.2) is 0 Å². The maximum Gasteiger partial charge on any atom is 0.490 e. The van der Waals surface area contributed by atoms with E-state index in [0.29, 0.717) is 0 Å². The molecule has 0 aromatic carbocycles. The van der Waals surface area contributed by atoms with Gasteiger partial charge in [0.15, 0.2) is 0 Å². The molecule has 0 bridgehead atoms. The highest BCUT2D eigenvalue weighted by Crippen LogP contribution is 2.28. The fourth-order valence-corrected chi connectivity index (χ4v) is 6.00. The minimum Gasteiger partial charge on any atom is -0.475 e. The summed E-state index contributed by atoms with van der Waals surface area (Å²) in [5, 5.41) is 7.12. The molecule has 0 aliphatic heterocycles. The lowest BCUT2D eigenvalue weighted by molar-refractivity contribution is -0.192. The molecule has 0 heterocycles. The number of carboxylic acids is 1. The molecule has 6 heteroatoms. The lowest BCUT2D eigenvalue weighted by Crippen LogP contribution is -2.24. The van der Waals surface area contributed by atoms with E-state index in [1.54, 1.807) is 0 Å². The highest BCUT2D eigenvalue weighted by atomic mass is 28.3. The summed E-state index contributed by atoms with van der Waals surface area (Å²) in [5.74, 6) is -2.76. The molecule has 0 rings (SSSR count). The third-order valence-electron chi connectivity index (χ3n) is 2.24. The van der Waals surface area contributed by atoms with E-state index in [1.165, 1.54) is 0 Å². The van der Waals surface area contributed by atoms with Crippen molar-refractivity contribution in [3.63, 3.8) is 0 Å². The zero-order valence-electron chi connectivity index (χ0n) is 11.2. The van der Waals surface area contributed by atoms with Gasteiger partial charge in [0.25, 0.3) is 0 Å². The third-order valence-corrected chi connectivity index (χ3v) is 6.24. The van der Waals surface area contributed by atoms with E-state index >= 15 is 0 Å². The van der Waals surface area contributed by atoms with Gasteiger partial charge in [-0.15, -0.1) is 0 Å². The van der Waals surface area contributed by atoms with Crippen molar-refractivity contribution in [3.8, 4) is 0 Å². The maximum absolute atomic E-state index is 10.6. The van der Waals surface area contributed by atoms with Gasteiger partial charge in [0.05, 0.1) is 8.80 Å². The summed E-state index contributed by atoms with van der Waals surface area (Å²) in [6.07, 6.45) is -5.08. The Morgan fingerprint density at radius 3 is 1.12 bits per heavy atom. The Balaban J connectivity index is 0. The molecular formula is C11H22F3O2Si. The molecule has 0 aliphatic carbocycles. The van der Waals surface area contributed by atoms with Gasteiger partial charge in [0.2, 0.25) is 0 Å². The summed E-state index contributed by atoms with van der Waals surface area (Å²) in [6.45, 7) is 14.2. The van der Waals surface area contributed by atoms with Gasteiger partial charge < -0.3 is 5.11 Å². The molecular weight excluding hydrogens is 249 g/mol. The first kappa shape index (κ1) is 18.8. The van der Waals surface area contributed by atoms with E-state index in [4.69, 9.17) is 9.90 Å². The molecule has 0 aromatic heterocycles.